The number of aryl methyl sites for hydroxylation is 2. The summed E-state index contributed by atoms with van der Waals surface area (Å²) in [6, 6.07) is 7.36. The van der Waals surface area contributed by atoms with Crippen LogP contribution in [-0.4, -0.2) is 27.9 Å². The molecule has 30 heavy (non-hydrogen) atoms. The molecule has 4 rings (SSSR count). The van der Waals surface area contributed by atoms with Crippen LogP contribution in [0.3, 0.4) is 0 Å². The molecule has 7 heteroatoms. The van der Waals surface area contributed by atoms with Crippen molar-refractivity contribution in [3.8, 4) is 0 Å². The Balaban J connectivity index is 1.51. The number of nitrogens with zero attached hydrogens (tertiary/aromatic N) is 2. The zero-order chi connectivity index (χ0) is 21.6. The number of ether oxygens (including phenoxy) is 1. The summed E-state index contributed by atoms with van der Waals surface area (Å²) in [6.07, 6.45) is 1.68. The highest BCUT2D eigenvalue weighted by Crippen LogP contribution is 2.29. The zero-order valence-electron chi connectivity index (χ0n) is 17.6. The Morgan fingerprint density at radius 3 is 2.57 bits per heavy atom. The number of thiophene rings is 1. The van der Waals surface area contributed by atoms with E-state index in [1.165, 1.54) is 0 Å². The summed E-state index contributed by atoms with van der Waals surface area (Å²) >= 11 is 1.15. The molecule has 156 valence electrons. The average Bonchev–Trinajstić information content (AvgIpc) is 3.30. The summed E-state index contributed by atoms with van der Waals surface area (Å²) in [7, 11) is 0. The molecule has 0 aliphatic carbocycles. The standard InChI is InChI=1S/C23H24N2O4S/c1-13-18-20(24-17-6-5-11-25(17)21(18)27)30-19(13)22(28)29-12-16(26)14-7-9-15(10-8-14)23(2,3)4/h7-10H,5-6,11-12H2,1-4H3. The van der Waals surface area contributed by atoms with Gasteiger partial charge in [0.15, 0.2) is 12.4 Å². The molecule has 3 heterocycles. The highest BCUT2D eigenvalue weighted by atomic mass is 32.1. The molecule has 0 spiro atoms. The van der Waals surface area contributed by atoms with Crippen molar-refractivity contribution in [2.45, 2.75) is 52.5 Å². The van der Waals surface area contributed by atoms with Gasteiger partial charge in [0, 0.05) is 18.5 Å². The van der Waals surface area contributed by atoms with E-state index in [0.717, 1.165) is 35.6 Å². The maximum atomic E-state index is 12.7. The van der Waals surface area contributed by atoms with Gasteiger partial charge in [-0.1, -0.05) is 45.0 Å². The number of rotatable bonds is 4. The molecule has 0 bridgehead atoms. The van der Waals surface area contributed by atoms with Crippen molar-refractivity contribution in [2.75, 3.05) is 6.61 Å². The minimum absolute atomic E-state index is 0.000308. The van der Waals surface area contributed by atoms with Crippen LogP contribution in [0.2, 0.25) is 0 Å². The Hall–Kier alpha value is -2.80. The number of hydrogen-bond donors (Lipinski definition) is 0. The van der Waals surface area contributed by atoms with Crippen LogP contribution in [0, 0.1) is 6.92 Å². The normalized spacial score (nSPS) is 13.5. The Bertz CT molecular complexity index is 1210. The Kier molecular flexibility index (Phi) is 5.10. The van der Waals surface area contributed by atoms with Gasteiger partial charge in [0.2, 0.25) is 0 Å². The predicted molar refractivity (Wildman–Crippen MR) is 117 cm³/mol. The molecule has 1 aliphatic heterocycles. The monoisotopic (exact) mass is 424 g/mol. The first-order valence-electron chi connectivity index (χ1n) is 10.0. The number of carbonyl (C=O) groups is 2. The summed E-state index contributed by atoms with van der Waals surface area (Å²) < 4.78 is 6.96. The predicted octanol–water partition coefficient (Wildman–Crippen LogP) is 4.05. The van der Waals surface area contributed by atoms with Gasteiger partial charge >= 0.3 is 5.97 Å². The fraction of sp³-hybridized carbons (Fsp3) is 0.391. The Morgan fingerprint density at radius 1 is 1.20 bits per heavy atom. The van der Waals surface area contributed by atoms with E-state index in [9.17, 15) is 14.4 Å². The second-order valence-electron chi connectivity index (χ2n) is 8.65. The first kappa shape index (κ1) is 20.5. The van der Waals surface area contributed by atoms with Crippen LogP contribution in [0.15, 0.2) is 29.1 Å². The molecule has 3 aromatic rings. The lowest BCUT2D eigenvalue weighted by Gasteiger charge is -2.18. The Labute approximate surface area is 178 Å². The average molecular weight is 425 g/mol. The van der Waals surface area contributed by atoms with E-state index in [1.807, 2.05) is 12.1 Å². The highest BCUT2D eigenvalue weighted by molar-refractivity contribution is 7.20. The SMILES string of the molecule is Cc1c(C(=O)OCC(=O)c2ccc(C(C)(C)C)cc2)sc2nc3n(c(=O)c12)CCC3. The number of hydrogen-bond acceptors (Lipinski definition) is 6. The number of aromatic nitrogens is 2. The first-order chi connectivity index (χ1) is 14.2. The molecule has 0 saturated heterocycles. The van der Waals surface area contributed by atoms with Crippen molar-refractivity contribution in [1.82, 2.24) is 9.55 Å². The number of Topliss-reactive ketones (excluding diaryl/α,β-unsaturated/α-hetero) is 1. The zero-order valence-corrected chi connectivity index (χ0v) is 18.4. The number of benzene rings is 1. The smallest absolute Gasteiger partial charge is 0.349 e. The van der Waals surface area contributed by atoms with Crippen LogP contribution in [-0.2, 0) is 23.1 Å². The van der Waals surface area contributed by atoms with Gasteiger partial charge in [0.25, 0.3) is 5.56 Å². The molecule has 0 atom stereocenters. The number of fused-ring (bicyclic) bond motifs is 2. The number of ketones is 1. The van der Waals surface area contributed by atoms with Crippen LogP contribution in [0.25, 0.3) is 10.2 Å². The summed E-state index contributed by atoms with van der Waals surface area (Å²) in [5, 5.41) is 0.474. The van der Waals surface area contributed by atoms with Gasteiger partial charge in [-0.3, -0.25) is 14.2 Å². The van der Waals surface area contributed by atoms with Gasteiger partial charge in [-0.25, -0.2) is 9.78 Å². The molecule has 6 nitrogen and oxygen atoms in total. The summed E-state index contributed by atoms with van der Waals surface area (Å²) in [5.74, 6) is -0.0954. The molecular formula is C23H24N2O4S. The maximum Gasteiger partial charge on any atom is 0.349 e. The first-order valence-corrected chi connectivity index (χ1v) is 10.8. The van der Waals surface area contributed by atoms with Crippen molar-refractivity contribution in [1.29, 1.82) is 0 Å². The van der Waals surface area contributed by atoms with E-state index < -0.39 is 5.97 Å². The van der Waals surface area contributed by atoms with Crippen LogP contribution in [0.1, 0.15) is 64.2 Å². The van der Waals surface area contributed by atoms with Crippen LogP contribution < -0.4 is 5.56 Å². The second-order valence-corrected chi connectivity index (χ2v) is 9.65. The lowest BCUT2D eigenvalue weighted by Crippen LogP contribution is -2.20. The number of esters is 1. The molecule has 1 aliphatic rings. The van der Waals surface area contributed by atoms with Gasteiger partial charge < -0.3 is 4.74 Å². The molecule has 0 unspecified atom stereocenters. The van der Waals surface area contributed by atoms with E-state index in [2.05, 4.69) is 25.8 Å². The van der Waals surface area contributed by atoms with Crippen molar-refractivity contribution in [3.05, 3.63) is 62.0 Å². The highest BCUT2D eigenvalue weighted by Gasteiger charge is 2.24. The van der Waals surface area contributed by atoms with Crippen LogP contribution in [0.4, 0.5) is 0 Å². The fourth-order valence-electron chi connectivity index (χ4n) is 3.71. The van der Waals surface area contributed by atoms with Gasteiger partial charge in [-0.05, 0) is 29.9 Å². The lowest BCUT2D eigenvalue weighted by atomic mass is 9.86. The van der Waals surface area contributed by atoms with E-state index in [1.54, 1.807) is 23.6 Å². The second kappa shape index (κ2) is 7.47. The third-order valence-electron chi connectivity index (χ3n) is 5.50. The molecule has 0 amide bonds. The third kappa shape index (κ3) is 3.58. The van der Waals surface area contributed by atoms with E-state index in [-0.39, 0.29) is 23.4 Å². The summed E-state index contributed by atoms with van der Waals surface area (Å²) in [5.41, 5.74) is 2.10. The number of carbonyl (C=O) groups excluding carboxylic acids is 2. The largest absolute Gasteiger partial charge is 0.453 e. The van der Waals surface area contributed by atoms with Crippen LogP contribution in [0.5, 0.6) is 0 Å². The molecular weight excluding hydrogens is 400 g/mol. The molecule has 0 fully saturated rings. The van der Waals surface area contributed by atoms with Gasteiger partial charge in [0.1, 0.15) is 15.5 Å². The Morgan fingerprint density at radius 2 is 1.90 bits per heavy atom. The van der Waals surface area contributed by atoms with E-state index >= 15 is 0 Å². The van der Waals surface area contributed by atoms with Crippen molar-refractivity contribution < 1.29 is 14.3 Å². The molecule has 0 saturated carbocycles. The molecule has 1 aromatic carbocycles. The van der Waals surface area contributed by atoms with Crippen molar-refractivity contribution in [3.63, 3.8) is 0 Å². The quantitative estimate of drug-likeness (QED) is 0.466. The maximum absolute atomic E-state index is 12.7. The van der Waals surface area contributed by atoms with Crippen molar-refractivity contribution >= 4 is 33.3 Å². The summed E-state index contributed by atoms with van der Waals surface area (Å²) in [4.78, 5) is 43.3. The van der Waals surface area contributed by atoms with E-state index in [4.69, 9.17) is 4.74 Å². The third-order valence-corrected chi connectivity index (χ3v) is 6.67. The van der Waals surface area contributed by atoms with Gasteiger partial charge in [-0.2, -0.15) is 0 Å². The van der Waals surface area contributed by atoms with Crippen molar-refractivity contribution in [2.24, 2.45) is 0 Å². The minimum Gasteiger partial charge on any atom is -0.453 e. The van der Waals surface area contributed by atoms with Crippen LogP contribution >= 0.6 is 11.3 Å². The lowest BCUT2D eigenvalue weighted by molar-refractivity contribution is 0.0479. The minimum atomic E-state index is -0.597. The van der Waals surface area contributed by atoms with Gasteiger partial charge in [-0.15, -0.1) is 11.3 Å². The van der Waals surface area contributed by atoms with Gasteiger partial charge in [0.05, 0.1) is 5.39 Å². The topological polar surface area (TPSA) is 78.3 Å². The fourth-order valence-corrected chi connectivity index (χ4v) is 4.79. The molecule has 0 N–H and O–H groups in total. The summed E-state index contributed by atoms with van der Waals surface area (Å²) in [6.45, 7) is 8.36. The molecule has 0 radical (unpaired) electrons. The molecule has 2 aromatic heterocycles. The van der Waals surface area contributed by atoms with E-state index in [0.29, 0.717) is 32.8 Å².